The molecule has 0 aliphatic heterocycles. The molecule has 0 saturated carbocycles. The molecule has 5 heteroatoms. The number of ether oxygens (including phenoxy) is 2. The maximum absolute atomic E-state index is 11.9. The van der Waals surface area contributed by atoms with Gasteiger partial charge in [-0.3, -0.25) is 0 Å². The third-order valence-corrected chi connectivity index (χ3v) is 4.77. The number of halogens is 2. The highest BCUT2D eigenvalue weighted by molar-refractivity contribution is 14.1. The van der Waals surface area contributed by atoms with Gasteiger partial charge >= 0.3 is 5.97 Å². The molecule has 0 radical (unpaired) electrons. The van der Waals surface area contributed by atoms with Gasteiger partial charge in [0.1, 0.15) is 11.5 Å². The predicted molar refractivity (Wildman–Crippen MR) is 110 cm³/mol. The normalized spacial score (nSPS) is 10.3. The molecule has 0 aliphatic rings. The van der Waals surface area contributed by atoms with Gasteiger partial charge in [-0.2, -0.15) is 0 Å². The number of rotatable bonds is 5. The van der Waals surface area contributed by atoms with Gasteiger partial charge in [-0.25, -0.2) is 4.79 Å². The van der Waals surface area contributed by atoms with E-state index in [1.54, 1.807) is 12.1 Å². The van der Waals surface area contributed by atoms with E-state index >= 15 is 0 Å². The van der Waals surface area contributed by atoms with Gasteiger partial charge in [0.2, 0.25) is 0 Å². The van der Waals surface area contributed by atoms with Gasteiger partial charge in [-0.15, -0.1) is 0 Å². The van der Waals surface area contributed by atoms with Crippen LogP contribution in [0, 0.1) is 3.57 Å². The fraction of sp³-hybridized carbons (Fsp3) is 0.0500. The van der Waals surface area contributed by atoms with Crippen LogP contribution in [0.5, 0.6) is 11.5 Å². The number of esters is 1. The summed E-state index contributed by atoms with van der Waals surface area (Å²) in [4.78, 5) is 11.9. The van der Waals surface area contributed by atoms with Crippen LogP contribution in [-0.4, -0.2) is 12.6 Å². The van der Waals surface area contributed by atoms with Crippen molar-refractivity contribution in [2.24, 2.45) is 0 Å². The molecule has 0 bridgehead atoms. The molecule has 0 aromatic heterocycles. The topological polar surface area (TPSA) is 35.5 Å². The average Bonchev–Trinajstić information content (AvgIpc) is 2.63. The minimum absolute atomic E-state index is 0.157. The van der Waals surface area contributed by atoms with Gasteiger partial charge in [-0.05, 0) is 86.0 Å². The van der Waals surface area contributed by atoms with Crippen LogP contribution >= 0.6 is 38.5 Å². The van der Waals surface area contributed by atoms with Gasteiger partial charge in [0.15, 0.2) is 6.61 Å². The van der Waals surface area contributed by atoms with Gasteiger partial charge in [0.25, 0.3) is 0 Å². The molecule has 3 aromatic carbocycles. The Labute approximate surface area is 168 Å². The number of hydrogen-bond acceptors (Lipinski definition) is 3. The monoisotopic (exact) mass is 508 g/mol. The van der Waals surface area contributed by atoms with Crippen molar-refractivity contribution in [1.82, 2.24) is 0 Å². The summed E-state index contributed by atoms with van der Waals surface area (Å²) in [5, 5.41) is 0. The van der Waals surface area contributed by atoms with Crippen molar-refractivity contribution in [3.63, 3.8) is 0 Å². The van der Waals surface area contributed by atoms with Crippen LogP contribution in [0.3, 0.4) is 0 Å². The molecule has 0 atom stereocenters. The van der Waals surface area contributed by atoms with Crippen LogP contribution in [0.4, 0.5) is 0 Å². The Morgan fingerprint density at radius 3 is 2.32 bits per heavy atom. The Morgan fingerprint density at radius 2 is 1.64 bits per heavy atom. The first kappa shape index (κ1) is 17.9. The Bertz CT molecular complexity index is 864. The van der Waals surface area contributed by atoms with E-state index in [9.17, 15) is 4.79 Å². The zero-order valence-corrected chi connectivity index (χ0v) is 16.9. The van der Waals surface area contributed by atoms with Crippen LogP contribution in [0.15, 0.2) is 77.3 Å². The summed E-state index contributed by atoms with van der Waals surface area (Å²) in [6, 6.07) is 23.1. The maximum atomic E-state index is 11.9. The van der Waals surface area contributed by atoms with E-state index in [0.29, 0.717) is 11.5 Å². The third kappa shape index (κ3) is 5.06. The molecule has 0 N–H and O–H groups in total. The first-order valence-corrected chi connectivity index (χ1v) is 9.43. The van der Waals surface area contributed by atoms with Gasteiger partial charge in [0.05, 0.1) is 4.47 Å². The molecule has 3 rings (SSSR count). The zero-order valence-electron chi connectivity index (χ0n) is 13.1. The van der Waals surface area contributed by atoms with E-state index in [0.717, 1.165) is 19.2 Å². The van der Waals surface area contributed by atoms with Crippen molar-refractivity contribution < 1.29 is 14.3 Å². The summed E-state index contributed by atoms with van der Waals surface area (Å²) in [6.07, 6.45) is 0. The summed E-state index contributed by atoms with van der Waals surface area (Å²) >= 11 is 5.69. The minimum atomic E-state index is -0.444. The molecular formula is C20H14BrIO3. The molecule has 0 amide bonds. The fourth-order valence-corrected chi connectivity index (χ4v) is 3.08. The molecule has 0 spiro atoms. The second-order valence-corrected chi connectivity index (χ2v) is 7.33. The third-order valence-electron chi connectivity index (χ3n) is 3.43. The number of carbonyl (C=O) groups is 1. The average molecular weight is 509 g/mol. The quantitative estimate of drug-likeness (QED) is 0.252. The van der Waals surface area contributed by atoms with Crippen molar-refractivity contribution in [2.75, 3.05) is 6.61 Å². The lowest BCUT2D eigenvalue weighted by Crippen LogP contribution is -2.17. The first-order chi connectivity index (χ1) is 12.1. The molecule has 3 nitrogen and oxygen atoms in total. The smallest absolute Gasteiger partial charge is 0.349 e. The SMILES string of the molecule is O=C(COc1ccc(-c2ccccc2)cc1Br)Oc1ccc(I)cc1. The fourth-order valence-electron chi connectivity index (χ4n) is 2.23. The zero-order chi connectivity index (χ0) is 17.6. The van der Waals surface area contributed by atoms with Gasteiger partial charge in [-0.1, -0.05) is 36.4 Å². The summed E-state index contributed by atoms with van der Waals surface area (Å²) in [5.41, 5.74) is 2.19. The van der Waals surface area contributed by atoms with Crippen molar-refractivity contribution in [3.8, 4) is 22.6 Å². The lowest BCUT2D eigenvalue weighted by molar-refractivity contribution is -0.136. The summed E-state index contributed by atoms with van der Waals surface area (Å²) in [6.45, 7) is -0.157. The molecule has 25 heavy (non-hydrogen) atoms. The summed E-state index contributed by atoms with van der Waals surface area (Å²) < 4.78 is 12.7. The maximum Gasteiger partial charge on any atom is 0.349 e. The van der Waals surface area contributed by atoms with Crippen molar-refractivity contribution >= 4 is 44.5 Å². The van der Waals surface area contributed by atoms with Crippen molar-refractivity contribution in [3.05, 3.63) is 80.8 Å². The minimum Gasteiger partial charge on any atom is -0.481 e. The van der Waals surface area contributed by atoms with E-state index in [4.69, 9.17) is 9.47 Å². The molecular weight excluding hydrogens is 495 g/mol. The van der Waals surface area contributed by atoms with E-state index < -0.39 is 5.97 Å². The molecule has 126 valence electrons. The predicted octanol–water partition coefficient (Wildman–Crippen LogP) is 5.71. The van der Waals surface area contributed by atoms with E-state index in [1.807, 2.05) is 60.7 Å². The van der Waals surface area contributed by atoms with E-state index in [-0.39, 0.29) is 6.61 Å². The summed E-state index contributed by atoms with van der Waals surface area (Å²) in [5.74, 6) is 0.659. The Kier molecular flexibility index (Phi) is 6.09. The van der Waals surface area contributed by atoms with Crippen LogP contribution in [0.1, 0.15) is 0 Å². The van der Waals surface area contributed by atoms with E-state index in [2.05, 4.69) is 38.5 Å². The Morgan fingerprint density at radius 1 is 0.920 bits per heavy atom. The van der Waals surface area contributed by atoms with Crippen molar-refractivity contribution in [2.45, 2.75) is 0 Å². The molecule has 3 aromatic rings. The van der Waals surface area contributed by atoms with Gasteiger partial charge in [0, 0.05) is 3.57 Å². The highest BCUT2D eigenvalue weighted by atomic mass is 127. The first-order valence-electron chi connectivity index (χ1n) is 7.56. The van der Waals surface area contributed by atoms with Crippen LogP contribution in [0.2, 0.25) is 0 Å². The van der Waals surface area contributed by atoms with Crippen LogP contribution < -0.4 is 9.47 Å². The molecule has 0 saturated heterocycles. The Hall–Kier alpha value is -1.86. The second kappa shape index (κ2) is 8.49. The standard InChI is InChI=1S/C20H14BrIO3/c21-18-12-15(14-4-2-1-3-5-14)6-11-19(18)24-13-20(23)25-17-9-7-16(22)8-10-17/h1-12H,13H2. The molecule has 0 aliphatic carbocycles. The van der Waals surface area contributed by atoms with E-state index in [1.165, 1.54) is 0 Å². The number of hydrogen-bond donors (Lipinski definition) is 0. The van der Waals surface area contributed by atoms with Crippen LogP contribution in [0.25, 0.3) is 11.1 Å². The largest absolute Gasteiger partial charge is 0.481 e. The van der Waals surface area contributed by atoms with Crippen molar-refractivity contribution in [1.29, 1.82) is 0 Å². The highest BCUT2D eigenvalue weighted by Gasteiger charge is 2.09. The number of carbonyl (C=O) groups excluding carboxylic acids is 1. The number of benzene rings is 3. The second-order valence-electron chi connectivity index (χ2n) is 5.23. The molecule has 0 fully saturated rings. The highest BCUT2D eigenvalue weighted by Crippen LogP contribution is 2.30. The molecule has 0 unspecified atom stereocenters. The Balaban J connectivity index is 1.61. The lowest BCUT2D eigenvalue weighted by Gasteiger charge is -2.10. The lowest BCUT2D eigenvalue weighted by atomic mass is 10.1. The van der Waals surface area contributed by atoms with Crippen LogP contribution in [-0.2, 0) is 4.79 Å². The van der Waals surface area contributed by atoms with Gasteiger partial charge < -0.3 is 9.47 Å². The molecule has 0 heterocycles. The summed E-state index contributed by atoms with van der Waals surface area (Å²) in [7, 11) is 0.